The molecule has 1 N–H and O–H groups in total. The second kappa shape index (κ2) is 5.50. The summed E-state index contributed by atoms with van der Waals surface area (Å²) in [4.78, 5) is 0. The Balaban J connectivity index is 2.46. The summed E-state index contributed by atoms with van der Waals surface area (Å²) < 4.78 is -1.55. The van der Waals surface area contributed by atoms with Crippen LogP contribution in [-0.4, -0.2) is 5.11 Å². The normalized spacial score (nSPS) is 13.3. The molecule has 2 aromatic carbocycles. The third-order valence-electron chi connectivity index (χ3n) is 2.68. The van der Waals surface area contributed by atoms with E-state index >= 15 is 0 Å². The third kappa shape index (κ3) is 2.99. The fraction of sp³-hybridized carbons (Fsp3) is 0.143. The molecule has 0 saturated carbocycles. The van der Waals surface area contributed by atoms with Crippen molar-refractivity contribution in [3.8, 4) is 0 Å². The fourth-order valence-corrected chi connectivity index (χ4v) is 2.32. The molecule has 0 aromatic heterocycles. The van der Waals surface area contributed by atoms with Gasteiger partial charge in [-0.2, -0.15) is 0 Å². The zero-order valence-electron chi connectivity index (χ0n) is 9.35. The van der Waals surface area contributed by atoms with Gasteiger partial charge in [-0.05, 0) is 11.1 Å². The van der Waals surface area contributed by atoms with E-state index in [1.165, 1.54) is 0 Å². The molecule has 0 saturated heterocycles. The first-order chi connectivity index (χ1) is 8.50. The number of hydrogen-bond acceptors (Lipinski definition) is 1. The Bertz CT molecular complexity index is 520. The topological polar surface area (TPSA) is 20.2 Å². The van der Waals surface area contributed by atoms with Gasteiger partial charge in [0.25, 0.3) is 0 Å². The number of halogens is 3. The molecule has 18 heavy (non-hydrogen) atoms. The highest BCUT2D eigenvalue weighted by atomic mass is 35.6. The van der Waals surface area contributed by atoms with Crippen LogP contribution in [0.5, 0.6) is 0 Å². The van der Waals surface area contributed by atoms with E-state index in [2.05, 4.69) is 0 Å². The molecule has 2 rings (SSSR count). The minimum Gasteiger partial charge on any atom is -0.384 e. The van der Waals surface area contributed by atoms with E-state index < -0.39 is 9.90 Å². The van der Waals surface area contributed by atoms with Crippen LogP contribution in [0.15, 0.2) is 54.6 Å². The summed E-state index contributed by atoms with van der Waals surface area (Å²) in [5, 5.41) is 10.4. The molecule has 0 spiro atoms. The highest BCUT2D eigenvalue weighted by Crippen LogP contribution is 2.42. The first-order valence-corrected chi connectivity index (χ1v) is 6.52. The van der Waals surface area contributed by atoms with Crippen molar-refractivity contribution in [1.29, 1.82) is 0 Å². The van der Waals surface area contributed by atoms with Gasteiger partial charge in [-0.15, -0.1) is 0 Å². The molecular formula is C14H11Cl3O. The molecule has 0 fully saturated rings. The monoisotopic (exact) mass is 300 g/mol. The average molecular weight is 302 g/mol. The first kappa shape index (κ1) is 13.7. The Morgan fingerprint density at radius 3 is 2.00 bits per heavy atom. The molecule has 0 bridgehead atoms. The van der Waals surface area contributed by atoms with Gasteiger partial charge in [0.2, 0.25) is 3.79 Å². The summed E-state index contributed by atoms with van der Waals surface area (Å²) in [6.45, 7) is 0. The second-order valence-corrected chi connectivity index (χ2v) is 6.18. The van der Waals surface area contributed by atoms with Gasteiger partial charge in [-0.25, -0.2) is 0 Å². The van der Waals surface area contributed by atoms with Crippen molar-refractivity contribution in [2.75, 3.05) is 0 Å². The number of benzene rings is 2. The average Bonchev–Trinajstić information content (AvgIpc) is 2.38. The van der Waals surface area contributed by atoms with Gasteiger partial charge < -0.3 is 5.11 Å². The van der Waals surface area contributed by atoms with Crippen molar-refractivity contribution >= 4 is 34.8 Å². The van der Waals surface area contributed by atoms with Crippen LogP contribution in [0.1, 0.15) is 22.8 Å². The summed E-state index contributed by atoms with van der Waals surface area (Å²) in [6.07, 6.45) is -0.807. The number of hydrogen-bond donors (Lipinski definition) is 1. The lowest BCUT2D eigenvalue weighted by atomic mass is 9.97. The van der Waals surface area contributed by atoms with Crippen molar-refractivity contribution < 1.29 is 5.11 Å². The van der Waals surface area contributed by atoms with Crippen molar-refractivity contribution in [2.24, 2.45) is 0 Å². The Hall–Kier alpha value is -0.730. The SMILES string of the molecule is OC(c1ccccc1)c1ccccc1C(Cl)(Cl)Cl. The zero-order valence-corrected chi connectivity index (χ0v) is 11.6. The Morgan fingerprint density at radius 2 is 1.39 bits per heavy atom. The molecule has 2 aromatic rings. The number of aliphatic hydroxyl groups is 1. The quantitative estimate of drug-likeness (QED) is 0.804. The lowest BCUT2D eigenvalue weighted by Crippen LogP contribution is -2.09. The molecule has 1 nitrogen and oxygen atoms in total. The molecule has 94 valence electrons. The van der Waals surface area contributed by atoms with E-state index in [0.717, 1.165) is 5.56 Å². The third-order valence-corrected chi connectivity index (χ3v) is 3.29. The molecule has 1 unspecified atom stereocenters. The molecule has 4 heteroatoms. The summed E-state index contributed by atoms with van der Waals surface area (Å²) in [6, 6.07) is 16.3. The van der Waals surface area contributed by atoms with Crippen molar-refractivity contribution in [2.45, 2.75) is 9.90 Å². The minimum atomic E-state index is -1.55. The molecule has 0 radical (unpaired) electrons. The van der Waals surface area contributed by atoms with E-state index in [0.29, 0.717) is 11.1 Å². The van der Waals surface area contributed by atoms with Gasteiger partial charge >= 0.3 is 0 Å². The van der Waals surface area contributed by atoms with Crippen LogP contribution in [-0.2, 0) is 3.79 Å². The molecule has 0 aliphatic heterocycles. The minimum absolute atomic E-state index is 0.492. The van der Waals surface area contributed by atoms with Gasteiger partial charge in [0.1, 0.15) is 6.10 Å². The van der Waals surface area contributed by atoms with Crippen LogP contribution in [0.3, 0.4) is 0 Å². The predicted octanol–water partition coefficient (Wildman–Crippen LogP) is 4.60. The molecule has 0 aliphatic rings. The first-order valence-electron chi connectivity index (χ1n) is 5.39. The van der Waals surface area contributed by atoms with Crippen LogP contribution in [0.2, 0.25) is 0 Å². The molecular weight excluding hydrogens is 291 g/mol. The van der Waals surface area contributed by atoms with E-state index in [9.17, 15) is 5.11 Å². The standard InChI is InChI=1S/C14H11Cl3O/c15-14(16,17)12-9-5-4-8-11(12)13(18)10-6-2-1-3-7-10/h1-9,13,18H. The Labute approximate surface area is 121 Å². The van der Waals surface area contributed by atoms with Gasteiger partial charge in [-0.1, -0.05) is 89.4 Å². The van der Waals surface area contributed by atoms with E-state index in [-0.39, 0.29) is 0 Å². The van der Waals surface area contributed by atoms with E-state index in [1.807, 2.05) is 30.3 Å². The van der Waals surface area contributed by atoms with Crippen molar-refractivity contribution in [3.05, 3.63) is 71.3 Å². The maximum absolute atomic E-state index is 10.4. The predicted molar refractivity (Wildman–Crippen MR) is 76.2 cm³/mol. The van der Waals surface area contributed by atoms with E-state index in [4.69, 9.17) is 34.8 Å². The zero-order chi connectivity index (χ0) is 13.2. The second-order valence-electron chi connectivity index (χ2n) is 3.90. The fourth-order valence-electron chi connectivity index (χ4n) is 1.81. The number of aliphatic hydroxyl groups excluding tert-OH is 1. The van der Waals surface area contributed by atoms with Crippen LogP contribution in [0.25, 0.3) is 0 Å². The highest BCUT2D eigenvalue weighted by Gasteiger charge is 2.28. The highest BCUT2D eigenvalue weighted by molar-refractivity contribution is 6.66. The molecule has 0 amide bonds. The molecule has 0 heterocycles. The van der Waals surface area contributed by atoms with Crippen LogP contribution in [0.4, 0.5) is 0 Å². The van der Waals surface area contributed by atoms with Crippen LogP contribution < -0.4 is 0 Å². The number of rotatable bonds is 2. The molecule has 0 aliphatic carbocycles. The summed E-state index contributed by atoms with van der Waals surface area (Å²) in [5.74, 6) is 0. The van der Waals surface area contributed by atoms with Gasteiger partial charge in [0, 0.05) is 5.56 Å². The summed E-state index contributed by atoms with van der Waals surface area (Å²) in [5.41, 5.74) is 1.86. The van der Waals surface area contributed by atoms with E-state index in [1.54, 1.807) is 24.3 Å². The van der Waals surface area contributed by atoms with Gasteiger partial charge in [0.05, 0.1) is 0 Å². The Kier molecular flexibility index (Phi) is 4.18. The van der Waals surface area contributed by atoms with Gasteiger partial charge in [-0.3, -0.25) is 0 Å². The largest absolute Gasteiger partial charge is 0.384 e. The summed E-state index contributed by atoms with van der Waals surface area (Å²) >= 11 is 17.7. The van der Waals surface area contributed by atoms with Crippen LogP contribution in [0, 0.1) is 0 Å². The lowest BCUT2D eigenvalue weighted by molar-refractivity contribution is 0.219. The smallest absolute Gasteiger partial charge is 0.216 e. The maximum Gasteiger partial charge on any atom is 0.216 e. The van der Waals surface area contributed by atoms with Crippen LogP contribution >= 0.6 is 34.8 Å². The Morgan fingerprint density at radius 1 is 0.833 bits per heavy atom. The van der Waals surface area contributed by atoms with Crippen molar-refractivity contribution in [3.63, 3.8) is 0 Å². The lowest BCUT2D eigenvalue weighted by Gasteiger charge is -2.20. The maximum atomic E-state index is 10.4. The van der Waals surface area contributed by atoms with Crippen molar-refractivity contribution in [1.82, 2.24) is 0 Å². The summed E-state index contributed by atoms with van der Waals surface area (Å²) in [7, 11) is 0. The van der Waals surface area contributed by atoms with Gasteiger partial charge in [0.15, 0.2) is 0 Å². The number of alkyl halides is 3. The molecule has 1 atom stereocenters.